The summed E-state index contributed by atoms with van der Waals surface area (Å²) in [6, 6.07) is 16.8. The number of aryl methyl sites for hydroxylation is 1. The highest BCUT2D eigenvalue weighted by Crippen LogP contribution is 2.34. The lowest BCUT2D eigenvalue weighted by atomic mass is 9.94. The van der Waals surface area contributed by atoms with Gasteiger partial charge in [0.15, 0.2) is 0 Å². The van der Waals surface area contributed by atoms with E-state index in [0.717, 1.165) is 27.9 Å². The van der Waals surface area contributed by atoms with Crippen molar-refractivity contribution < 1.29 is 19.4 Å². The zero-order chi connectivity index (χ0) is 23.8. The lowest BCUT2D eigenvalue weighted by Gasteiger charge is -2.24. The van der Waals surface area contributed by atoms with Crippen molar-refractivity contribution in [2.24, 2.45) is 0 Å². The van der Waals surface area contributed by atoms with Crippen molar-refractivity contribution in [3.63, 3.8) is 0 Å². The molecule has 172 valence electrons. The first-order valence-electron chi connectivity index (χ1n) is 10.8. The Kier molecular flexibility index (Phi) is 8.02. The quantitative estimate of drug-likeness (QED) is 0.507. The first-order valence-corrected chi connectivity index (χ1v) is 10.8. The molecule has 0 aliphatic carbocycles. The largest absolute Gasteiger partial charge is 0.496 e. The molecule has 0 unspecified atom stereocenters. The van der Waals surface area contributed by atoms with Crippen LogP contribution in [0.3, 0.4) is 0 Å². The Morgan fingerprint density at radius 1 is 1.09 bits per heavy atom. The van der Waals surface area contributed by atoms with Gasteiger partial charge in [-0.25, -0.2) is 4.79 Å². The number of ether oxygens (including phenoxy) is 1. The van der Waals surface area contributed by atoms with Gasteiger partial charge in [-0.05, 0) is 54.8 Å². The fourth-order valence-electron chi connectivity index (χ4n) is 3.68. The number of nitrogens with one attached hydrogen (secondary N) is 1. The molecule has 2 N–H and O–H groups in total. The predicted octanol–water partition coefficient (Wildman–Crippen LogP) is 4.42. The van der Waals surface area contributed by atoms with Crippen molar-refractivity contribution in [3.8, 4) is 16.9 Å². The van der Waals surface area contributed by atoms with E-state index < -0.39 is 5.97 Å². The lowest BCUT2D eigenvalue weighted by Crippen LogP contribution is -2.39. The molecular weight excluding hydrogens is 418 g/mol. The van der Waals surface area contributed by atoms with E-state index >= 15 is 0 Å². The third-order valence-corrected chi connectivity index (χ3v) is 5.35. The standard InChI is InChI=1S/C26H29N3O4/c1-4-29(26(32)28-16-21-7-5-6-12-27-21)17-20-13-18(2)8-10-22(20)23-14-19(15-25(30)31)9-11-24(23)33-3/h5-14H,4,15-17H2,1-3H3,(H,28,32)(H,30,31). The monoisotopic (exact) mass is 447 g/mol. The molecule has 1 heterocycles. The van der Waals surface area contributed by atoms with Gasteiger partial charge in [0, 0.05) is 24.8 Å². The summed E-state index contributed by atoms with van der Waals surface area (Å²) in [6.07, 6.45) is 1.62. The SMILES string of the molecule is CCN(Cc1cc(C)ccc1-c1cc(CC(=O)O)ccc1OC)C(=O)NCc1ccccn1. The molecule has 7 nitrogen and oxygen atoms in total. The fraction of sp³-hybridized carbons (Fsp3) is 0.269. The van der Waals surface area contributed by atoms with Crippen LogP contribution in [0, 0.1) is 6.92 Å². The van der Waals surface area contributed by atoms with Gasteiger partial charge in [-0.2, -0.15) is 0 Å². The van der Waals surface area contributed by atoms with Crippen molar-refractivity contribution in [3.05, 3.63) is 83.2 Å². The zero-order valence-electron chi connectivity index (χ0n) is 19.2. The van der Waals surface area contributed by atoms with Crippen LogP contribution < -0.4 is 10.1 Å². The van der Waals surface area contributed by atoms with Crippen LogP contribution in [0.5, 0.6) is 5.75 Å². The van der Waals surface area contributed by atoms with Crippen LogP contribution in [-0.2, 0) is 24.3 Å². The number of urea groups is 1. The highest BCUT2D eigenvalue weighted by atomic mass is 16.5. The van der Waals surface area contributed by atoms with E-state index in [2.05, 4.69) is 10.3 Å². The normalized spacial score (nSPS) is 10.5. The first kappa shape index (κ1) is 23.8. The maximum atomic E-state index is 12.9. The Morgan fingerprint density at radius 3 is 2.58 bits per heavy atom. The molecule has 7 heteroatoms. The highest BCUT2D eigenvalue weighted by molar-refractivity contribution is 5.78. The Bertz CT molecular complexity index is 1120. The Morgan fingerprint density at radius 2 is 1.91 bits per heavy atom. The summed E-state index contributed by atoms with van der Waals surface area (Å²) in [6.45, 7) is 5.21. The molecule has 0 spiro atoms. The van der Waals surface area contributed by atoms with Gasteiger partial charge in [-0.3, -0.25) is 9.78 Å². The molecule has 1 aromatic heterocycles. The summed E-state index contributed by atoms with van der Waals surface area (Å²) in [5, 5.41) is 12.1. The third kappa shape index (κ3) is 6.32. The first-order chi connectivity index (χ1) is 15.9. The molecule has 33 heavy (non-hydrogen) atoms. The maximum absolute atomic E-state index is 12.9. The number of carboxylic acids is 1. The molecule has 0 bridgehead atoms. The molecule has 0 fully saturated rings. The number of amides is 2. The van der Waals surface area contributed by atoms with Crippen LogP contribution in [0.25, 0.3) is 11.1 Å². The number of methoxy groups -OCH3 is 1. The number of benzene rings is 2. The van der Waals surface area contributed by atoms with Gasteiger partial charge in [-0.15, -0.1) is 0 Å². The van der Waals surface area contributed by atoms with Crippen LogP contribution in [0.15, 0.2) is 60.8 Å². The number of aliphatic carboxylic acids is 1. The van der Waals surface area contributed by atoms with Crippen LogP contribution in [0.4, 0.5) is 4.79 Å². The number of hydrogen-bond acceptors (Lipinski definition) is 4. The second kappa shape index (κ2) is 11.1. The number of nitrogens with zero attached hydrogens (tertiary/aromatic N) is 2. The summed E-state index contributed by atoms with van der Waals surface area (Å²) in [5.74, 6) is -0.242. The summed E-state index contributed by atoms with van der Waals surface area (Å²) in [5.41, 5.74) is 5.20. The molecule has 3 rings (SSSR count). The minimum absolute atomic E-state index is 0.0742. The van der Waals surface area contributed by atoms with Gasteiger partial charge in [0.25, 0.3) is 0 Å². The van der Waals surface area contributed by atoms with Gasteiger partial charge in [0.05, 0.1) is 25.8 Å². The average Bonchev–Trinajstić information content (AvgIpc) is 2.81. The maximum Gasteiger partial charge on any atom is 0.318 e. The van der Waals surface area contributed by atoms with Crippen LogP contribution in [-0.4, -0.2) is 40.6 Å². The van der Waals surface area contributed by atoms with Gasteiger partial charge in [0.1, 0.15) is 5.75 Å². The van der Waals surface area contributed by atoms with Gasteiger partial charge in [0.2, 0.25) is 0 Å². The molecule has 0 saturated heterocycles. The predicted molar refractivity (Wildman–Crippen MR) is 127 cm³/mol. The van der Waals surface area contributed by atoms with Crippen molar-refractivity contribution >= 4 is 12.0 Å². The van der Waals surface area contributed by atoms with Crippen molar-refractivity contribution in [1.29, 1.82) is 0 Å². The number of carbonyl (C=O) groups excluding carboxylic acids is 1. The average molecular weight is 448 g/mol. The lowest BCUT2D eigenvalue weighted by molar-refractivity contribution is -0.136. The van der Waals surface area contributed by atoms with Crippen LogP contribution in [0.1, 0.15) is 29.3 Å². The molecule has 3 aromatic rings. The number of pyridine rings is 1. The Labute approximate surface area is 194 Å². The molecule has 0 aliphatic heterocycles. The zero-order valence-corrected chi connectivity index (χ0v) is 19.2. The second-order valence-corrected chi connectivity index (χ2v) is 7.76. The summed E-state index contributed by atoms with van der Waals surface area (Å²) in [7, 11) is 1.59. The molecular formula is C26H29N3O4. The number of carbonyl (C=O) groups is 2. The summed E-state index contributed by atoms with van der Waals surface area (Å²) in [4.78, 5) is 30.1. The van der Waals surface area contributed by atoms with Gasteiger partial charge >= 0.3 is 12.0 Å². The molecule has 2 amide bonds. The smallest absolute Gasteiger partial charge is 0.318 e. The number of hydrogen-bond donors (Lipinski definition) is 2. The topological polar surface area (TPSA) is 91.8 Å². The van der Waals surface area contributed by atoms with E-state index in [0.29, 0.717) is 30.9 Å². The number of aromatic nitrogens is 1. The molecule has 0 atom stereocenters. The van der Waals surface area contributed by atoms with E-state index in [1.165, 1.54) is 0 Å². The van der Waals surface area contributed by atoms with Gasteiger partial charge in [-0.1, -0.05) is 35.9 Å². The highest BCUT2D eigenvalue weighted by Gasteiger charge is 2.17. The third-order valence-electron chi connectivity index (χ3n) is 5.35. The minimum Gasteiger partial charge on any atom is -0.496 e. The van der Waals surface area contributed by atoms with E-state index in [1.807, 2.05) is 56.3 Å². The van der Waals surface area contributed by atoms with Crippen molar-refractivity contribution in [2.75, 3.05) is 13.7 Å². The molecule has 0 radical (unpaired) electrons. The Balaban J connectivity index is 1.89. The van der Waals surface area contributed by atoms with Crippen molar-refractivity contribution in [2.45, 2.75) is 33.4 Å². The van der Waals surface area contributed by atoms with E-state index in [-0.39, 0.29) is 12.5 Å². The molecule has 2 aromatic carbocycles. The minimum atomic E-state index is -0.892. The second-order valence-electron chi connectivity index (χ2n) is 7.76. The van der Waals surface area contributed by atoms with E-state index in [1.54, 1.807) is 30.3 Å². The molecule has 0 aliphatic rings. The van der Waals surface area contributed by atoms with E-state index in [4.69, 9.17) is 4.74 Å². The van der Waals surface area contributed by atoms with Crippen LogP contribution >= 0.6 is 0 Å². The summed E-state index contributed by atoms with van der Waals surface area (Å²) < 4.78 is 5.56. The van der Waals surface area contributed by atoms with Crippen LogP contribution in [0.2, 0.25) is 0 Å². The molecule has 0 saturated carbocycles. The van der Waals surface area contributed by atoms with E-state index in [9.17, 15) is 14.7 Å². The fourth-order valence-corrected chi connectivity index (χ4v) is 3.68. The van der Waals surface area contributed by atoms with Gasteiger partial charge < -0.3 is 20.1 Å². The Hall–Kier alpha value is -3.87. The number of carboxylic acid groups (broad SMARTS) is 1. The van der Waals surface area contributed by atoms with Crippen molar-refractivity contribution in [1.82, 2.24) is 15.2 Å². The number of rotatable bonds is 9. The summed E-state index contributed by atoms with van der Waals surface area (Å²) >= 11 is 0.